The lowest BCUT2D eigenvalue weighted by Gasteiger charge is -2.32. The maximum absolute atomic E-state index is 12.1. The van der Waals surface area contributed by atoms with Crippen molar-refractivity contribution in [1.29, 1.82) is 0 Å². The van der Waals surface area contributed by atoms with Gasteiger partial charge in [0.05, 0.1) is 5.25 Å². The summed E-state index contributed by atoms with van der Waals surface area (Å²) in [5, 5.41) is -0.449. The number of rotatable bonds is 5. The van der Waals surface area contributed by atoms with Gasteiger partial charge in [-0.3, -0.25) is 0 Å². The van der Waals surface area contributed by atoms with Crippen molar-refractivity contribution < 1.29 is 8.42 Å². The minimum absolute atomic E-state index is 0.0966. The molecule has 3 atom stereocenters. The van der Waals surface area contributed by atoms with Gasteiger partial charge >= 0.3 is 0 Å². The predicted octanol–water partition coefficient (Wildman–Crippen LogP) is 1.47. The van der Waals surface area contributed by atoms with E-state index >= 15 is 0 Å². The quantitative estimate of drug-likeness (QED) is 0.788. The van der Waals surface area contributed by atoms with Gasteiger partial charge in [0.1, 0.15) is 0 Å². The molecule has 5 heteroatoms. The van der Waals surface area contributed by atoms with Gasteiger partial charge in [-0.25, -0.2) is 13.1 Å². The van der Waals surface area contributed by atoms with E-state index in [4.69, 9.17) is 5.73 Å². The number of nitrogens with one attached hydrogen (secondary N) is 1. The molecule has 0 spiro atoms. The van der Waals surface area contributed by atoms with Crippen LogP contribution in [0.2, 0.25) is 0 Å². The van der Waals surface area contributed by atoms with Crippen LogP contribution < -0.4 is 10.5 Å². The third-order valence-corrected chi connectivity index (χ3v) is 5.73. The standard InChI is InChI=1S/C12H26N2O2S/c1-4-12(8-13)17(15,16)14-11-6-9(2)5-10(3)7-11/h9-12,14H,4-8,13H2,1-3H3. The molecule has 17 heavy (non-hydrogen) atoms. The molecule has 0 heterocycles. The fourth-order valence-corrected chi connectivity index (χ4v) is 4.43. The summed E-state index contributed by atoms with van der Waals surface area (Å²) < 4.78 is 27.0. The van der Waals surface area contributed by atoms with Crippen molar-refractivity contribution in [3.05, 3.63) is 0 Å². The van der Waals surface area contributed by atoms with Crippen LogP contribution in [0.3, 0.4) is 0 Å². The van der Waals surface area contributed by atoms with E-state index in [0.29, 0.717) is 18.3 Å². The van der Waals surface area contributed by atoms with Gasteiger partial charge in [-0.05, 0) is 37.5 Å². The van der Waals surface area contributed by atoms with Crippen LogP contribution in [0.15, 0.2) is 0 Å². The molecule has 0 bridgehead atoms. The highest BCUT2D eigenvalue weighted by Crippen LogP contribution is 2.29. The smallest absolute Gasteiger partial charge is 0.215 e. The summed E-state index contributed by atoms with van der Waals surface area (Å²) in [5.74, 6) is 1.20. The fraction of sp³-hybridized carbons (Fsp3) is 1.00. The molecule has 0 aliphatic heterocycles. The number of hydrogen-bond acceptors (Lipinski definition) is 3. The van der Waals surface area contributed by atoms with Gasteiger partial charge in [0.25, 0.3) is 0 Å². The lowest BCUT2D eigenvalue weighted by molar-refractivity contribution is 0.257. The molecule has 3 unspecified atom stereocenters. The van der Waals surface area contributed by atoms with Gasteiger partial charge in [-0.1, -0.05) is 20.8 Å². The van der Waals surface area contributed by atoms with Crippen molar-refractivity contribution in [1.82, 2.24) is 4.72 Å². The van der Waals surface area contributed by atoms with Gasteiger partial charge in [0, 0.05) is 12.6 Å². The summed E-state index contributed by atoms with van der Waals surface area (Å²) in [6.07, 6.45) is 3.67. The zero-order valence-corrected chi connectivity index (χ0v) is 12.0. The second-order valence-corrected chi connectivity index (χ2v) is 7.54. The monoisotopic (exact) mass is 262 g/mol. The van der Waals surface area contributed by atoms with Crippen molar-refractivity contribution in [3.63, 3.8) is 0 Å². The van der Waals surface area contributed by atoms with E-state index in [-0.39, 0.29) is 12.6 Å². The molecule has 1 rings (SSSR count). The first kappa shape index (κ1) is 14.9. The molecular formula is C12H26N2O2S. The highest BCUT2D eigenvalue weighted by molar-refractivity contribution is 7.90. The third-order valence-electron chi connectivity index (χ3n) is 3.67. The predicted molar refractivity (Wildman–Crippen MR) is 71.2 cm³/mol. The first-order valence-electron chi connectivity index (χ1n) is 6.60. The van der Waals surface area contributed by atoms with Crippen LogP contribution in [0.5, 0.6) is 0 Å². The second-order valence-electron chi connectivity index (χ2n) is 5.54. The van der Waals surface area contributed by atoms with Crippen molar-refractivity contribution >= 4 is 10.0 Å². The number of hydrogen-bond donors (Lipinski definition) is 2. The van der Waals surface area contributed by atoms with E-state index in [1.165, 1.54) is 6.42 Å². The molecule has 0 aromatic carbocycles. The van der Waals surface area contributed by atoms with E-state index in [1.807, 2.05) is 6.92 Å². The summed E-state index contributed by atoms with van der Waals surface area (Å²) in [7, 11) is -3.24. The van der Waals surface area contributed by atoms with E-state index in [1.54, 1.807) is 0 Å². The van der Waals surface area contributed by atoms with Gasteiger partial charge in [-0.2, -0.15) is 0 Å². The Bertz CT molecular complexity index is 315. The Morgan fingerprint density at radius 1 is 1.24 bits per heavy atom. The van der Waals surface area contributed by atoms with Gasteiger partial charge in [0.2, 0.25) is 10.0 Å². The molecule has 1 aliphatic rings. The average molecular weight is 262 g/mol. The summed E-state index contributed by atoms with van der Waals surface area (Å²) >= 11 is 0. The molecule has 3 N–H and O–H groups in total. The molecule has 1 fully saturated rings. The minimum atomic E-state index is -3.24. The minimum Gasteiger partial charge on any atom is -0.329 e. The Morgan fingerprint density at radius 3 is 2.18 bits per heavy atom. The van der Waals surface area contributed by atoms with Crippen LogP contribution >= 0.6 is 0 Å². The lowest BCUT2D eigenvalue weighted by Crippen LogP contribution is -2.46. The van der Waals surface area contributed by atoms with Crippen molar-refractivity contribution in [3.8, 4) is 0 Å². The largest absolute Gasteiger partial charge is 0.329 e. The average Bonchev–Trinajstić information content (AvgIpc) is 2.15. The molecule has 0 amide bonds. The topological polar surface area (TPSA) is 72.2 Å². The Labute approximate surface area is 105 Å². The van der Waals surface area contributed by atoms with E-state index < -0.39 is 15.3 Å². The summed E-state index contributed by atoms with van der Waals surface area (Å²) in [5.41, 5.74) is 5.51. The van der Waals surface area contributed by atoms with Crippen LogP contribution in [0, 0.1) is 11.8 Å². The zero-order valence-electron chi connectivity index (χ0n) is 11.1. The van der Waals surface area contributed by atoms with Gasteiger partial charge in [-0.15, -0.1) is 0 Å². The van der Waals surface area contributed by atoms with Crippen LogP contribution in [0.4, 0.5) is 0 Å². The van der Waals surface area contributed by atoms with E-state index in [2.05, 4.69) is 18.6 Å². The molecule has 0 aromatic rings. The molecular weight excluding hydrogens is 236 g/mol. The Hall–Kier alpha value is -0.130. The molecule has 0 saturated heterocycles. The Balaban J connectivity index is 2.64. The molecule has 0 radical (unpaired) electrons. The normalized spacial score (nSPS) is 32.4. The highest BCUT2D eigenvalue weighted by atomic mass is 32.2. The lowest BCUT2D eigenvalue weighted by atomic mass is 9.81. The molecule has 102 valence electrons. The summed E-state index contributed by atoms with van der Waals surface area (Å²) in [4.78, 5) is 0. The fourth-order valence-electron chi connectivity index (χ4n) is 2.88. The summed E-state index contributed by atoms with van der Waals surface area (Å²) in [6, 6.07) is 0.0966. The Kier molecular flexibility index (Phi) is 5.41. The van der Waals surface area contributed by atoms with Crippen LogP contribution in [0.25, 0.3) is 0 Å². The van der Waals surface area contributed by atoms with E-state index in [9.17, 15) is 8.42 Å². The van der Waals surface area contributed by atoms with Crippen LogP contribution in [-0.2, 0) is 10.0 Å². The number of nitrogens with two attached hydrogens (primary N) is 1. The van der Waals surface area contributed by atoms with Crippen LogP contribution in [-0.4, -0.2) is 26.3 Å². The molecule has 1 saturated carbocycles. The first-order valence-corrected chi connectivity index (χ1v) is 8.14. The summed E-state index contributed by atoms with van der Waals surface area (Å²) in [6.45, 7) is 6.45. The van der Waals surface area contributed by atoms with Crippen molar-refractivity contribution in [2.45, 2.75) is 57.7 Å². The SMILES string of the molecule is CCC(CN)S(=O)(=O)NC1CC(C)CC(C)C1. The zero-order chi connectivity index (χ0) is 13.1. The Morgan fingerprint density at radius 2 is 1.76 bits per heavy atom. The van der Waals surface area contributed by atoms with Gasteiger partial charge in [0.15, 0.2) is 0 Å². The highest BCUT2D eigenvalue weighted by Gasteiger charge is 2.30. The van der Waals surface area contributed by atoms with E-state index in [0.717, 1.165) is 12.8 Å². The molecule has 1 aliphatic carbocycles. The maximum Gasteiger partial charge on any atom is 0.215 e. The maximum atomic E-state index is 12.1. The van der Waals surface area contributed by atoms with Crippen LogP contribution in [0.1, 0.15) is 46.5 Å². The molecule has 4 nitrogen and oxygen atoms in total. The number of sulfonamides is 1. The van der Waals surface area contributed by atoms with Crippen molar-refractivity contribution in [2.75, 3.05) is 6.54 Å². The van der Waals surface area contributed by atoms with Crippen molar-refractivity contribution in [2.24, 2.45) is 17.6 Å². The van der Waals surface area contributed by atoms with Gasteiger partial charge < -0.3 is 5.73 Å². The first-order chi connectivity index (χ1) is 7.89. The second kappa shape index (κ2) is 6.16. The molecule has 0 aromatic heterocycles. The third kappa shape index (κ3) is 4.23.